The Hall–Kier alpha value is -1.71. The molecule has 0 aliphatic carbocycles. The third-order valence-electron chi connectivity index (χ3n) is 1.84. The van der Waals surface area contributed by atoms with Crippen LogP contribution in [0.5, 0.6) is 5.75 Å². The second-order valence-electron chi connectivity index (χ2n) is 3.39. The molecule has 1 rings (SSSR count). The van der Waals surface area contributed by atoms with Crippen LogP contribution in [0.25, 0.3) is 0 Å². The molecule has 0 radical (unpaired) electrons. The van der Waals surface area contributed by atoms with Gasteiger partial charge in [0.2, 0.25) is 0 Å². The van der Waals surface area contributed by atoms with E-state index in [9.17, 15) is 4.91 Å². The molecule has 1 aromatic carbocycles. The first kappa shape index (κ1) is 11.4. The summed E-state index contributed by atoms with van der Waals surface area (Å²) >= 11 is 0. The molecule has 0 amide bonds. The minimum absolute atomic E-state index is 0.190. The van der Waals surface area contributed by atoms with Gasteiger partial charge in [-0.15, -0.1) is 4.91 Å². The van der Waals surface area contributed by atoms with Gasteiger partial charge in [-0.2, -0.15) is 0 Å². The Balaban J connectivity index is 3.06. The lowest BCUT2D eigenvalue weighted by atomic mass is 10.2. The molecule has 4 nitrogen and oxygen atoms in total. The highest BCUT2D eigenvalue weighted by molar-refractivity contribution is 5.87. The molecule has 0 saturated carbocycles. The summed E-state index contributed by atoms with van der Waals surface area (Å²) in [6.45, 7) is 3.93. The van der Waals surface area contributed by atoms with Gasteiger partial charge in [0.15, 0.2) is 0 Å². The SMILES string of the molecule is COc1ccc(N=O)c(C=NC(C)C)c1. The number of methoxy groups -OCH3 is 1. The van der Waals surface area contributed by atoms with E-state index in [1.807, 2.05) is 13.8 Å². The molecule has 0 aliphatic heterocycles. The van der Waals surface area contributed by atoms with E-state index in [0.717, 1.165) is 0 Å². The van der Waals surface area contributed by atoms with Crippen LogP contribution >= 0.6 is 0 Å². The number of nitroso groups, excluding NO2 is 1. The topological polar surface area (TPSA) is 51.0 Å². The van der Waals surface area contributed by atoms with Gasteiger partial charge in [-0.3, -0.25) is 4.99 Å². The zero-order valence-electron chi connectivity index (χ0n) is 9.10. The molecule has 15 heavy (non-hydrogen) atoms. The summed E-state index contributed by atoms with van der Waals surface area (Å²) in [5.41, 5.74) is 1.05. The quantitative estimate of drug-likeness (QED) is 0.561. The lowest BCUT2D eigenvalue weighted by Crippen LogP contribution is -1.92. The maximum absolute atomic E-state index is 10.5. The van der Waals surface area contributed by atoms with Crippen molar-refractivity contribution in [3.63, 3.8) is 0 Å². The van der Waals surface area contributed by atoms with Gasteiger partial charge in [0.05, 0.1) is 7.11 Å². The first-order valence-electron chi connectivity index (χ1n) is 4.72. The summed E-state index contributed by atoms with van der Waals surface area (Å²) in [6.07, 6.45) is 1.64. The lowest BCUT2D eigenvalue weighted by molar-refractivity contribution is 0.415. The van der Waals surface area contributed by atoms with E-state index in [1.54, 1.807) is 31.5 Å². The fraction of sp³-hybridized carbons (Fsp3) is 0.364. The normalized spacial score (nSPS) is 10.9. The average Bonchev–Trinajstić information content (AvgIpc) is 2.25. The van der Waals surface area contributed by atoms with Gasteiger partial charge in [-0.05, 0) is 37.2 Å². The molecule has 0 unspecified atom stereocenters. The summed E-state index contributed by atoms with van der Waals surface area (Å²) in [5.74, 6) is 0.688. The van der Waals surface area contributed by atoms with Gasteiger partial charge in [0.25, 0.3) is 0 Å². The molecule has 4 heteroatoms. The zero-order chi connectivity index (χ0) is 11.3. The van der Waals surface area contributed by atoms with E-state index in [1.165, 1.54) is 0 Å². The Kier molecular flexibility index (Phi) is 3.97. The van der Waals surface area contributed by atoms with Crippen LogP contribution in [0.4, 0.5) is 5.69 Å². The summed E-state index contributed by atoms with van der Waals surface area (Å²) < 4.78 is 5.06. The van der Waals surface area contributed by atoms with Crippen LogP contribution in [0.2, 0.25) is 0 Å². The van der Waals surface area contributed by atoms with Gasteiger partial charge in [-0.1, -0.05) is 0 Å². The van der Waals surface area contributed by atoms with Crippen LogP contribution in [0, 0.1) is 4.91 Å². The Labute approximate surface area is 89.0 Å². The highest BCUT2D eigenvalue weighted by Crippen LogP contribution is 2.22. The Bertz CT molecular complexity index is 373. The number of ether oxygens (including phenoxy) is 1. The summed E-state index contributed by atoms with van der Waals surface area (Å²) in [7, 11) is 1.58. The number of aliphatic imine (C=N–C) groups is 1. The first-order chi connectivity index (χ1) is 7.17. The van der Waals surface area contributed by atoms with E-state index in [2.05, 4.69) is 10.2 Å². The third-order valence-corrected chi connectivity index (χ3v) is 1.84. The number of hydrogen-bond acceptors (Lipinski definition) is 4. The van der Waals surface area contributed by atoms with Crippen molar-refractivity contribution >= 4 is 11.9 Å². The summed E-state index contributed by atoms with van der Waals surface area (Å²) in [4.78, 5) is 14.7. The van der Waals surface area contributed by atoms with Crippen molar-refractivity contribution in [2.75, 3.05) is 7.11 Å². The Morgan fingerprint density at radius 2 is 2.13 bits per heavy atom. The summed E-state index contributed by atoms with van der Waals surface area (Å²) in [5, 5.41) is 2.93. The number of hydrogen-bond donors (Lipinski definition) is 0. The van der Waals surface area contributed by atoms with E-state index in [4.69, 9.17) is 4.74 Å². The van der Waals surface area contributed by atoms with Gasteiger partial charge in [-0.25, -0.2) is 0 Å². The predicted octanol–water partition coefficient (Wildman–Crippen LogP) is 2.92. The molecule has 0 aliphatic rings. The number of nitrogens with zero attached hydrogens (tertiary/aromatic N) is 2. The standard InChI is InChI=1S/C11H14N2O2/c1-8(2)12-7-9-6-10(15-3)4-5-11(9)13-14/h4-8H,1-3H3. The Morgan fingerprint density at radius 1 is 1.40 bits per heavy atom. The van der Waals surface area contributed by atoms with Crippen molar-refractivity contribution in [1.82, 2.24) is 0 Å². The molecule has 0 atom stereocenters. The molecule has 0 fully saturated rings. The lowest BCUT2D eigenvalue weighted by Gasteiger charge is -2.02. The van der Waals surface area contributed by atoms with Crippen LogP contribution in [-0.2, 0) is 0 Å². The molecule has 0 heterocycles. The minimum atomic E-state index is 0.190. The monoisotopic (exact) mass is 206 g/mol. The smallest absolute Gasteiger partial charge is 0.119 e. The van der Waals surface area contributed by atoms with Crippen LogP contribution in [-0.4, -0.2) is 19.4 Å². The molecule has 1 aromatic rings. The van der Waals surface area contributed by atoms with Gasteiger partial charge in [0, 0.05) is 17.8 Å². The molecule has 0 saturated heterocycles. The van der Waals surface area contributed by atoms with E-state index < -0.39 is 0 Å². The van der Waals surface area contributed by atoms with Crippen molar-refractivity contribution in [3.05, 3.63) is 28.7 Å². The molecule has 80 valence electrons. The maximum Gasteiger partial charge on any atom is 0.119 e. The van der Waals surface area contributed by atoms with Crippen LogP contribution in [0.3, 0.4) is 0 Å². The van der Waals surface area contributed by atoms with E-state index in [-0.39, 0.29) is 6.04 Å². The van der Waals surface area contributed by atoms with Crippen molar-refractivity contribution in [1.29, 1.82) is 0 Å². The van der Waals surface area contributed by atoms with Crippen molar-refractivity contribution < 1.29 is 4.74 Å². The fourth-order valence-corrected chi connectivity index (χ4v) is 1.08. The van der Waals surface area contributed by atoms with Crippen molar-refractivity contribution in [2.45, 2.75) is 19.9 Å². The minimum Gasteiger partial charge on any atom is -0.497 e. The highest BCUT2D eigenvalue weighted by atomic mass is 16.5. The van der Waals surface area contributed by atoms with Crippen molar-refractivity contribution in [3.8, 4) is 5.75 Å². The predicted molar refractivity (Wildman–Crippen MR) is 61.2 cm³/mol. The van der Waals surface area contributed by atoms with Gasteiger partial charge < -0.3 is 4.74 Å². The molecule has 0 bridgehead atoms. The average molecular weight is 206 g/mol. The third kappa shape index (κ3) is 3.16. The largest absolute Gasteiger partial charge is 0.497 e. The molecule has 0 spiro atoms. The van der Waals surface area contributed by atoms with Crippen LogP contribution in [0.1, 0.15) is 19.4 Å². The second-order valence-corrected chi connectivity index (χ2v) is 3.39. The highest BCUT2D eigenvalue weighted by Gasteiger charge is 2.02. The molecule has 0 aromatic heterocycles. The second kappa shape index (κ2) is 5.24. The first-order valence-corrected chi connectivity index (χ1v) is 4.72. The summed E-state index contributed by atoms with van der Waals surface area (Å²) in [6, 6.07) is 5.25. The van der Waals surface area contributed by atoms with Crippen molar-refractivity contribution in [2.24, 2.45) is 10.2 Å². The number of rotatable bonds is 4. The van der Waals surface area contributed by atoms with Gasteiger partial charge >= 0.3 is 0 Å². The van der Waals surface area contributed by atoms with Gasteiger partial charge in [0.1, 0.15) is 11.4 Å². The molecular formula is C11H14N2O2. The maximum atomic E-state index is 10.5. The molecular weight excluding hydrogens is 192 g/mol. The Morgan fingerprint density at radius 3 is 2.67 bits per heavy atom. The van der Waals surface area contributed by atoms with Crippen LogP contribution in [0.15, 0.2) is 28.4 Å². The molecule has 0 N–H and O–H groups in total. The van der Waals surface area contributed by atoms with Crippen LogP contribution < -0.4 is 4.74 Å². The van der Waals surface area contributed by atoms with E-state index >= 15 is 0 Å². The van der Waals surface area contributed by atoms with E-state index in [0.29, 0.717) is 17.0 Å². The zero-order valence-corrected chi connectivity index (χ0v) is 9.10. The fourth-order valence-electron chi connectivity index (χ4n) is 1.08. The number of benzene rings is 1.